The Bertz CT molecular complexity index is 536. The number of anilines is 2. The van der Waals surface area contributed by atoms with Gasteiger partial charge in [-0.05, 0) is 24.6 Å². The van der Waals surface area contributed by atoms with Gasteiger partial charge < -0.3 is 10.6 Å². The van der Waals surface area contributed by atoms with Gasteiger partial charge in [0.2, 0.25) is 0 Å². The van der Waals surface area contributed by atoms with Crippen LogP contribution < -0.4 is 10.6 Å². The topological polar surface area (TPSA) is 55.0 Å². The summed E-state index contributed by atoms with van der Waals surface area (Å²) in [6, 6.07) is 9.99. The first kappa shape index (κ1) is 12.8. The maximum Gasteiger partial charge on any atom is 0.134 e. The minimum Gasteiger partial charge on any atom is -0.384 e. The van der Waals surface area contributed by atoms with Gasteiger partial charge in [0, 0.05) is 24.1 Å². The Morgan fingerprint density at radius 3 is 2.72 bits per heavy atom. The van der Waals surface area contributed by atoms with Gasteiger partial charge >= 0.3 is 0 Å². The molecule has 0 aliphatic rings. The second-order valence-corrected chi connectivity index (χ2v) is 5.10. The molecule has 1 aromatic heterocycles. The van der Waals surface area contributed by atoms with Crippen LogP contribution in [0, 0.1) is 6.92 Å². The summed E-state index contributed by atoms with van der Waals surface area (Å²) >= 11 is 3.47. The zero-order valence-electron chi connectivity index (χ0n) is 10.4. The second kappa shape index (κ2) is 5.35. The molecule has 1 aromatic carbocycles. The molecule has 0 aliphatic carbocycles. The highest BCUT2D eigenvalue weighted by Gasteiger charge is 2.06. The van der Waals surface area contributed by atoms with Gasteiger partial charge in [-0.25, -0.2) is 9.97 Å². The molecule has 0 saturated heterocycles. The Balaban J connectivity index is 2.19. The smallest absolute Gasteiger partial charge is 0.134 e. The fraction of sp³-hybridized carbons (Fsp3) is 0.231. The average Bonchev–Trinajstić information content (AvgIpc) is 2.27. The van der Waals surface area contributed by atoms with Gasteiger partial charge in [0.1, 0.15) is 17.5 Å². The van der Waals surface area contributed by atoms with Crippen molar-refractivity contribution in [3.8, 4) is 0 Å². The lowest BCUT2D eigenvalue weighted by atomic mass is 10.2. The fourth-order valence-corrected chi connectivity index (χ4v) is 2.21. The van der Waals surface area contributed by atoms with Crippen molar-refractivity contribution in [2.24, 2.45) is 0 Å². The second-order valence-electron chi connectivity index (χ2n) is 4.18. The molecule has 94 valence electrons. The minimum absolute atomic E-state index is 0.499. The van der Waals surface area contributed by atoms with E-state index in [1.54, 1.807) is 6.07 Å². The lowest BCUT2D eigenvalue weighted by molar-refractivity contribution is 0.880. The summed E-state index contributed by atoms with van der Waals surface area (Å²) in [7, 11) is 1.99. The lowest BCUT2D eigenvalue weighted by Gasteiger charge is -2.19. The number of hydrogen-bond donors (Lipinski definition) is 1. The molecule has 0 fully saturated rings. The zero-order valence-corrected chi connectivity index (χ0v) is 12.0. The predicted octanol–water partition coefficient (Wildman–Crippen LogP) is 2.77. The number of aryl methyl sites for hydroxylation is 1. The number of hydrogen-bond acceptors (Lipinski definition) is 4. The van der Waals surface area contributed by atoms with Gasteiger partial charge in [0.25, 0.3) is 0 Å². The molecule has 0 unspecified atom stereocenters. The molecule has 0 radical (unpaired) electrons. The van der Waals surface area contributed by atoms with E-state index in [9.17, 15) is 0 Å². The number of halogens is 1. The predicted molar refractivity (Wildman–Crippen MR) is 77.4 cm³/mol. The van der Waals surface area contributed by atoms with Gasteiger partial charge in [0.15, 0.2) is 0 Å². The molecule has 0 aliphatic heterocycles. The highest BCUT2D eigenvalue weighted by molar-refractivity contribution is 9.10. The molecule has 0 spiro atoms. The Kier molecular flexibility index (Phi) is 3.81. The van der Waals surface area contributed by atoms with Crippen molar-refractivity contribution < 1.29 is 0 Å². The number of benzene rings is 1. The van der Waals surface area contributed by atoms with E-state index in [-0.39, 0.29) is 0 Å². The van der Waals surface area contributed by atoms with Crippen LogP contribution >= 0.6 is 15.9 Å². The highest BCUT2D eigenvalue weighted by Crippen LogP contribution is 2.17. The van der Waals surface area contributed by atoms with E-state index < -0.39 is 0 Å². The van der Waals surface area contributed by atoms with Gasteiger partial charge in [-0.2, -0.15) is 0 Å². The normalized spacial score (nSPS) is 10.4. The van der Waals surface area contributed by atoms with Crippen molar-refractivity contribution in [1.82, 2.24) is 9.97 Å². The van der Waals surface area contributed by atoms with E-state index in [4.69, 9.17) is 5.73 Å². The third-order valence-electron chi connectivity index (χ3n) is 2.54. The fourth-order valence-electron chi connectivity index (χ4n) is 1.76. The first-order valence-electron chi connectivity index (χ1n) is 5.61. The third kappa shape index (κ3) is 3.20. The number of nitrogens with zero attached hydrogens (tertiary/aromatic N) is 3. The van der Waals surface area contributed by atoms with E-state index in [0.717, 1.165) is 16.8 Å². The summed E-state index contributed by atoms with van der Waals surface area (Å²) in [5, 5.41) is 0. The van der Waals surface area contributed by atoms with Crippen LogP contribution in [0.15, 0.2) is 34.8 Å². The highest BCUT2D eigenvalue weighted by atomic mass is 79.9. The number of nitrogen functional groups attached to an aromatic ring is 1. The van der Waals surface area contributed by atoms with Crippen molar-refractivity contribution in [3.63, 3.8) is 0 Å². The van der Waals surface area contributed by atoms with Crippen LogP contribution in [0.5, 0.6) is 0 Å². The molecule has 18 heavy (non-hydrogen) atoms. The number of rotatable bonds is 3. The van der Waals surface area contributed by atoms with Gasteiger partial charge in [0.05, 0.1) is 0 Å². The molecule has 1 heterocycles. The van der Waals surface area contributed by atoms with Gasteiger partial charge in [-0.3, -0.25) is 0 Å². The molecule has 0 bridgehead atoms. The van der Waals surface area contributed by atoms with Gasteiger partial charge in [-0.15, -0.1) is 0 Å². The molecule has 0 saturated carbocycles. The van der Waals surface area contributed by atoms with Crippen molar-refractivity contribution in [1.29, 1.82) is 0 Å². The molecule has 0 atom stereocenters. The summed E-state index contributed by atoms with van der Waals surface area (Å²) in [5.41, 5.74) is 6.94. The van der Waals surface area contributed by atoms with Crippen molar-refractivity contribution >= 4 is 27.6 Å². The summed E-state index contributed by atoms with van der Waals surface area (Å²) in [6.07, 6.45) is 0. The third-order valence-corrected chi connectivity index (χ3v) is 3.04. The average molecular weight is 307 g/mol. The van der Waals surface area contributed by atoms with Crippen LogP contribution in [0.4, 0.5) is 11.6 Å². The van der Waals surface area contributed by atoms with E-state index in [2.05, 4.69) is 38.0 Å². The van der Waals surface area contributed by atoms with Crippen molar-refractivity contribution in [2.75, 3.05) is 17.7 Å². The molecule has 5 heteroatoms. The summed E-state index contributed by atoms with van der Waals surface area (Å²) in [5.74, 6) is 2.02. The first-order chi connectivity index (χ1) is 8.54. The molecular weight excluding hydrogens is 292 g/mol. The van der Waals surface area contributed by atoms with Crippen LogP contribution in [0.2, 0.25) is 0 Å². The number of aromatic nitrogens is 2. The van der Waals surface area contributed by atoms with Crippen LogP contribution in [0.1, 0.15) is 11.4 Å². The Morgan fingerprint density at radius 1 is 1.28 bits per heavy atom. The van der Waals surface area contributed by atoms with Crippen LogP contribution in [-0.4, -0.2) is 17.0 Å². The van der Waals surface area contributed by atoms with Crippen LogP contribution in [0.25, 0.3) is 0 Å². The summed E-state index contributed by atoms with van der Waals surface area (Å²) in [6.45, 7) is 2.61. The van der Waals surface area contributed by atoms with Crippen LogP contribution in [-0.2, 0) is 6.54 Å². The molecular formula is C13H15BrN4. The van der Waals surface area contributed by atoms with E-state index in [1.165, 1.54) is 5.56 Å². The van der Waals surface area contributed by atoms with Gasteiger partial charge in [-0.1, -0.05) is 28.1 Å². The molecule has 2 N–H and O–H groups in total. The van der Waals surface area contributed by atoms with Crippen molar-refractivity contribution in [2.45, 2.75) is 13.5 Å². The molecule has 4 nitrogen and oxygen atoms in total. The zero-order chi connectivity index (χ0) is 13.1. The Labute approximate surface area is 115 Å². The standard InChI is InChI=1S/C13H15BrN4/c1-9-16-12(15)7-13(17-9)18(2)8-10-4-3-5-11(14)6-10/h3-7H,8H2,1-2H3,(H2,15,16,17). The minimum atomic E-state index is 0.499. The Morgan fingerprint density at radius 2 is 2.06 bits per heavy atom. The first-order valence-corrected chi connectivity index (χ1v) is 6.40. The maximum absolute atomic E-state index is 5.73. The molecule has 0 amide bonds. The summed E-state index contributed by atoms with van der Waals surface area (Å²) < 4.78 is 1.08. The SMILES string of the molecule is Cc1nc(N)cc(N(C)Cc2cccc(Br)c2)n1. The monoisotopic (exact) mass is 306 g/mol. The largest absolute Gasteiger partial charge is 0.384 e. The van der Waals surface area contributed by atoms with E-state index >= 15 is 0 Å². The Hall–Kier alpha value is -1.62. The van der Waals surface area contributed by atoms with Crippen molar-refractivity contribution in [3.05, 3.63) is 46.2 Å². The quantitative estimate of drug-likeness (QED) is 0.947. The van der Waals surface area contributed by atoms with E-state index in [1.807, 2.05) is 31.0 Å². The lowest BCUT2D eigenvalue weighted by Crippen LogP contribution is -2.18. The maximum atomic E-state index is 5.73. The number of nitrogens with two attached hydrogens (primary N) is 1. The van der Waals surface area contributed by atoms with Crippen LogP contribution in [0.3, 0.4) is 0 Å². The molecule has 2 rings (SSSR count). The molecule has 2 aromatic rings. The van der Waals surface area contributed by atoms with E-state index in [0.29, 0.717) is 11.6 Å². The summed E-state index contributed by atoms with van der Waals surface area (Å²) in [4.78, 5) is 10.5.